The number of amides is 2. The van der Waals surface area contributed by atoms with Crippen molar-refractivity contribution in [1.82, 2.24) is 14.5 Å². The van der Waals surface area contributed by atoms with Crippen LogP contribution in [0.15, 0.2) is 29.2 Å². The Morgan fingerprint density at radius 1 is 0.941 bits per heavy atom. The van der Waals surface area contributed by atoms with Gasteiger partial charge in [-0.2, -0.15) is 4.31 Å². The number of carbonyl (C=O) groups is 2. The summed E-state index contributed by atoms with van der Waals surface area (Å²) < 4.78 is 54.8. The lowest BCUT2D eigenvalue weighted by Crippen LogP contribution is -2.51. The maximum absolute atomic E-state index is 13.7. The molecule has 2 amide bonds. The standard InChI is InChI=1S/C24H29F2N3O4S/c1-15-13-16(2)18(4)23(17(15)3)34(32,33)29-11-9-28(10-12-29)22(30)7-8-27-24(31)20-6-5-19(25)14-21(20)26/h5-6,13-14H,7-12H2,1-4H3,(H,27,31). The van der Waals surface area contributed by atoms with Crippen LogP contribution in [0.25, 0.3) is 0 Å². The molecule has 0 atom stereocenters. The van der Waals surface area contributed by atoms with Crippen LogP contribution in [0.4, 0.5) is 8.78 Å². The van der Waals surface area contributed by atoms with Crippen molar-refractivity contribution >= 4 is 21.8 Å². The van der Waals surface area contributed by atoms with E-state index < -0.39 is 27.6 Å². The van der Waals surface area contributed by atoms with Crippen molar-refractivity contribution in [1.29, 1.82) is 0 Å². The number of aryl methyl sites for hydroxylation is 2. The molecular formula is C24H29F2N3O4S. The van der Waals surface area contributed by atoms with Crippen molar-refractivity contribution in [3.05, 3.63) is 63.7 Å². The largest absolute Gasteiger partial charge is 0.351 e. The van der Waals surface area contributed by atoms with Crippen molar-refractivity contribution in [2.45, 2.75) is 39.0 Å². The normalized spacial score (nSPS) is 14.8. The Labute approximate surface area is 198 Å². The van der Waals surface area contributed by atoms with E-state index in [1.165, 1.54) is 4.31 Å². The van der Waals surface area contributed by atoms with Gasteiger partial charge in [-0.15, -0.1) is 0 Å². The minimum absolute atomic E-state index is 0.0173. The molecule has 0 unspecified atom stereocenters. The van der Waals surface area contributed by atoms with E-state index in [-0.39, 0.29) is 50.6 Å². The molecule has 184 valence electrons. The number of hydrogen-bond acceptors (Lipinski definition) is 4. The van der Waals surface area contributed by atoms with Gasteiger partial charge >= 0.3 is 0 Å². The summed E-state index contributed by atoms with van der Waals surface area (Å²) in [7, 11) is -3.71. The molecular weight excluding hydrogens is 464 g/mol. The molecule has 0 spiro atoms. The van der Waals surface area contributed by atoms with Gasteiger partial charge < -0.3 is 10.2 Å². The number of hydrogen-bond donors (Lipinski definition) is 1. The first-order valence-corrected chi connectivity index (χ1v) is 12.5. The smallest absolute Gasteiger partial charge is 0.254 e. The highest BCUT2D eigenvalue weighted by Crippen LogP contribution is 2.29. The van der Waals surface area contributed by atoms with Crippen LogP contribution in [-0.4, -0.2) is 62.2 Å². The molecule has 0 bridgehead atoms. The number of nitrogens with one attached hydrogen (secondary N) is 1. The van der Waals surface area contributed by atoms with Crippen LogP contribution in [0.1, 0.15) is 39.0 Å². The first-order chi connectivity index (χ1) is 15.9. The van der Waals surface area contributed by atoms with Gasteiger partial charge in [-0.1, -0.05) is 6.07 Å². The average molecular weight is 494 g/mol. The zero-order valence-corrected chi connectivity index (χ0v) is 20.6. The van der Waals surface area contributed by atoms with E-state index >= 15 is 0 Å². The zero-order valence-electron chi connectivity index (χ0n) is 19.7. The first-order valence-electron chi connectivity index (χ1n) is 11.0. The van der Waals surface area contributed by atoms with E-state index in [4.69, 9.17) is 0 Å². The maximum Gasteiger partial charge on any atom is 0.254 e. The number of benzene rings is 2. The number of halogens is 2. The summed E-state index contributed by atoms with van der Waals surface area (Å²) in [6.07, 6.45) is -0.0173. The molecule has 3 rings (SSSR count). The lowest BCUT2D eigenvalue weighted by molar-refractivity contribution is -0.132. The van der Waals surface area contributed by atoms with Gasteiger partial charge in [0, 0.05) is 45.2 Å². The Hall–Kier alpha value is -2.85. The average Bonchev–Trinajstić information content (AvgIpc) is 2.77. The van der Waals surface area contributed by atoms with Gasteiger partial charge in [0.25, 0.3) is 5.91 Å². The van der Waals surface area contributed by atoms with Gasteiger partial charge in [0.1, 0.15) is 11.6 Å². The third kappa shape index (κ3) is 5.28. The first kappa shape index (κ1) is 25.8. The highest BCUT2D eigenvalue weighted by molar-refractivity contribution is 7.89. The summed E-state index contributed by atoms with van der Waals surface area (Å²) >= 11 is 0. The molecule has 2 aromatic rings. The Morgan fingerprint density at radius 3 is 2.09 bits per heavy atom. The number of nitrogens with zero attached hydrogens (tertiary/aromatic N) is 2. The van der Waals surface area contributed by atoms with Crippen molar-refractivity contribution in [2.24, 2.45) is 0 Å². The minimum atomic E-state index is -3.71. The van der Waals surface area contributed by atoms with Gasteiger partial charge in [-0.3, -0.25) is 9.59 Å². The molecule has 0 aliphatic carbocycles. The molecule has 1 saturated heterocycles. The number of piperazine rings is 1. The van der Waals surface area contributed by atoms with Crippen LogP contribution in [0.5, 0.6) is 0 Å². The van der Waals surface area contributed by atoms with Gasteiger partial charge in [0.15, 0.2) is 0 Å². The monoisotopic (exact) mass is 493 g/mol. The van der Waals surface area contributed by atoms with Crippen molar-refractivity contribution < 1.29 is 26.8 Å². The quantitative estimate of drug-likeness (QED) is 0.671. The molecule has 0 radical (unpaired) electrons. The van der Waals surface area contributed by atoms with Gasteiger partial charge in [0.05, 0.1) is 10.5 Å². The second-order valence-corrected chi connectivity index (χ2v) is 10.4. The summed E-state index contributed by atoms with van der Waals surface area (Å²) in [5, 5.41) is 2.45. The molecule has 1 aliphatic heterocycles. The topological polar surface area (TPSA) is 86.8 Å². The fourth-order valence-corrected chi connectivity index (χ4v) is 6.08. The van der Waals surface area contributed by atoms with Crippen LogP contribution in [-0.2, 0) is 14.8 Å². The van der Waals surface area contributed by atoms with Crippen LogP contribution in [0.2, 0.25) is 0 Å². The number of rotatable bonds is 6. The molecule has 1 fully saturated rings. The van der Waals surface area contributed by atoms with Crippen LogP contribution >= 0.6 is 0 Å². The van der Waals surface area contributed by atoms with Crippen molar-refractivity contribution in [3.8, 4) is 0 Å². The van der Waals surface area contributed by atoms with Crippen LogP contribution in [0, 0.1) is 39.3 Å². The molecule has 10 heteroatoms. The number of sulfonamides is 1. The highest BCUT2D eigenvalue weighted by Gasteiger charge is 2.32. The Balaban J connectivity index is 1.56. The van der Waals surface area contributed by atoms with E-state index in [0.717, 1.165) is 34.4 Å². The summed E-state index contributed by atoms with van der Waals surface area (Å²) in [5.41, 5.74) is 2.99. The predicted molar refractivity (Wildman–Crippen MR) is 124 cm³/mol. The maximum atomic E-state index is 13.7. The van der Waals surface area contributed by atoms with Gasteiger partial charge in [-0.05, 0) is 62.1 Å². The molecule has 7 nitrogen and oxygen atoms in total. The van der Waals surface area contributed by atoms with E-state index in [9.17, 15) is 26.8 Å². The van der Waals surface area contributed by atoms with Gasteiger partial charge in [0.2, 0.25) is 15.9 Å². The van der Waals surface area contributed by atoms with Crippen LogP contribution in [0.3, 0.4) is 0 Å². The van der Waals surface area contributed by atoms with Crippen LogP contribution < -0.4 is 5.32 Å². The minimum Gasteiger partial charge on any atom is -0.351 e. The van der Waals surface area contributed by atoms with E-state index in [0.29, 0.717) is 11.0 Å². The highest BCUT2D eigenvalue weighted by atomic mass is 32.2. The third-order valence-electron chi connectivity index (χ3n) is 6.29. The Morgan fingerprint density at radius 2 is 1.53 bits per heavy atom. The lowest BCUT2D eigenvalue weighted by atomic mass is 10.0. The summed E-state index contributed by atoms with van der Waals surface area (Å²) in [4.78, 5) is 26.5. The van der Waals surface area contributed by atoms with E-state index in [2.05, 4.69) is 5.32 Å². The molecule has 2 aromatic carbocycles. The van der Waals surface area contributed by atoms with E-state index in [1.54, 1.807) is 18.7 Å². The molecule has 34 heavy (non-hydrogen) atoms. The molecule has 1 heterocycles. The summed E-state index contributed by atoms with van der Waals surface area (Å²) in [6.45, 7) is 8.19. The molecule has 0 aromatic heterocycles. The second-order valence-electron chi connectivity index (χ2n) is 8.50. The summed E-state index contributed by atoms with van der Waals surface area (Å²) in [6, 6.07) is 4.62. The predicted octanol–water partition coefficient (Wildman–Crippen LogP) is 2.85. The van der Waals surface area contributed by atoms with Gasteiger partial charge in [-0.25, -0.2) is 17.2 Å². The molecule has 0 saturated carbocycles. The SMILES string of the molecule is Cc1cc(C)c(C)c(S(=O)(=O)N2CCN(C(=O)CCNC(=O)c3ccc(F)cc3F)CC2)c1C. The lowest BCUT2D eigenvalue weighted by Gasteiger charge is -2.35. The number of carbonyl (C=O) groups excluding carboxylic acids is 2. The fraction of sp³-hybridized carbons (Fsp3) is 0.417. The summed E-state index contributed by atoms with van der Waals surface area (Å²) in [5.74, 6) is -2.74. The Kier molecular flexibility index (Phi) is 7.72. The van der Waals surface area contributed by atoms with E-state index in [1.807, 2.05) is 19.9 Å². The second kappa shape index (κ2) is 10.2. The van der Waals surface area contributed by atoms with Crippen molar-refractivity contribution in [2.75, 3.05) is 32.7 Å². The fourth-order valence-electron chi connectivity index (χ4n) is 4.08. The zero-order chi connectivity index (χ0) is 25.2. The molecule has 1 N–H and O–H groups in total. The van der Waals surface area contributed by atoms with Crippen molar-refractivity contribution in [3.63, 3.8) is 0 Å². The third-order valence-corrected chi connectivity index (χ3v) is 8.46. The Bertz CT molecular complexity index is 1200. The molecule has 1 aliphatic rings.